The Balaban J connectivity index is 0. The normalized spacial score (nSPS) is 0. The van der Waals surface area contributed by atoms with Crippen LogP contribution in [0.3, 0.4) is 0 Å². The second-order valence-corrected chi connectivity index (χ2v) is 0. The van der Waals surface area contributed by atoms with Crippen LogP contribution in [0.15, 0.2) is 0 Å². The second-order valence-electron chi connectivity index (χ2n) is 0. The fourth-order valence-electron chi connectivity index (χ4n) is 0. The van der Waals surface area contributed by atoms with E-state index >= 15 is 0 Å². The topological polar surface area (TPSA) is 0 Å². The molecular weight excluding hydrogens is 280 g/mol. The molecule has 0 fully saturated rings. The molecule has 0 rings (SSSR count). The summed E-state index contributed by atoms with van der Waals surface area (Å²) in [5.74, 6) is 0. The Morgan fingerprint density at radius 3 is 0.500 bits per heavy atom. The van der Waals surface area contributed by atoms with Gasteiger partial charge < -0.3 is 0 Å². The third kappa shape index (κ3) is 8.83. The second kappa shape index (κ2) is 17.3. The summed E-state index contributed by atoms with van der Waals surface area (Å²) in [4.78, 5) is 0. The maximum absolute atomic E-state index is 0. The van der Waals surface area contributed by atoms with Crippen molar-refractivity contribution in [1.82, 2.24) is 0 Å². The van der Waals surface area contributed by atoms with Gasteiger partial charge in [0.05, 0.1) is 0 Å². The van der Waals surface area contributed by atoms with Crippen LogP contribution in [0.5, 0.6) is 0 Å². The van der Waals surface area contributed by atoms with E-state index in [0.29, 0.717) is 0 Å². The van der Waals surface area contributed by atoms with Crippen LogP contribution < -0.4 is 0 Å². The first-order valence-electron chi connectivity index (χ1n) is 0. The fraction of sp³-hybridized carbons (Fsp3) is 0. The molecule has 0 aliphatic carbocycles. The standard InChI is InChI=1S/Ar.3BrH/h;3*1H. The van der Waals surface area contributed by atoms with Gasteiger partial charge in [-0.3, -0.25) is 0 Å². The molecule has 0 saturated carbocycles. The summed E-state index contributed by atoms with van der Waals surface area (Å²) in [5, 5.41) is 0. The Kier molecular flexibility index (Phi) is 129. The molecule has 0 aliphatic rings. The van der Waals surface area contributed by atoms with Crippen molar-refractivity contribution in [3.63, 3.8) is 0 Å². The average Bonchev–Trinajstić information content (AvgIpc) is 0. The summed E-state index contributed by atoms with van der Waals surface area (Å²) < 4.78 is 0. The molecule has 0 bridgehead atoms. The summed E-state index contributed by atoms with van der Waals surface area (Å²) in [5.41, 5.74) is 0. The minimum Gasteiger partial charge on any atom is -0.114 e. The van der Waals surface area contributed by atoms with Gasteiger partial charge in [0.2, 0.25) is 0 Å². The third-order valence-electron chi connectivity index (χ3n) is 0. The van der Waals surface area contributed by atoms with Crippen molar-refractivity contribution in [3.8, 4) is 0 Å². The fourth-order valence-corrected chi connectivity index (χ4v) is 0. The van der Waals surface area contributed by atoms with Crippen LogP contribution in [-0.2, 0) is 0 Å². The summed E-state index contributed by atoms with van der Waals surface area (Å²) in [7, 11) is 0. The minimum atomic E-state index is 0. The molecule has 4 heavy (non-hydrogen) atoms. The van der Waals surface area contributed by atoms with Crippen molar-refractivity contribution < 1.29 is 37.7 Å². The van der Waals surface area contributed by atoms with Gasteiger partial charge in [-0.2, -0.15) is 0 Å². The van der Waals surface area contributed by atoms with Crippen LogP contribution in [0.4, 0.5) is 0 Å². The Morgan fingerprint density at radius 1 is 0.500 bits per heavy atom. The molecule has 32 valence electrons. The molecule has 0 heterocycles. The average molecular weight is 283 g/mol. The Hall–Kier alpha value is 2.70. The predicted molar refractivity (Wildman–Crippen MR) is 31.0 cm³/mol. The van der Waals surface area contributed by atoms with E-state index in [1.165, 1.54) is 0 Å². The summed E-state index contributed by atoms with van der Waals surface area (Å²) in [6.45, 7) is 0. The van der Waals surface area contributed by atoms with E-state index in [2.05, 4.69) is 0 Å². The smallest absolute Gasteiger partial charge is 0 e. The van der Waals surface area contributed by atoms with Crippen LogP contribution >= 0.6 is 50.9 Å². The zero-order valence-corrected chi connectivity index (χ0v) is 7.42. The van der Waals surface area contributed by atoms with Crippen LogP contribution in [-0.4, -0.2) is 0 Å². The molecule has 0 unspecified atom stereocenters. The maximum atomic E-state index is 0. The third-order valence-corrected chi connectivity index (χ3v) is 0. The molecule has 0 aromatic carbocycles. The van der Waals surface area contributed by atoms with E-state index < -0.39 is 0 Å². The molecule has 0 atom stereocenters. The van der Waals surface area contributed by atoms with Gasteiger partial charge in [-0.25, -0.2) is 0 Å². The molecule has 0 radical (unpaired) electrons. The molecule has 0 saturated heterocycles. The van der Waals surface area contributed by atoms with Crippen molar-refractivity contribution in [3.05, 3.63) is 0 Å². The molecule has 0 aliphatic heterocycles. The van der Waals surface area contributed by atoms with Gasteiger partial charge in [0.1, 0.15) is 0 Å². The largest absolute Gasteiger partial charge is 0.114 e. The summed E-state index contributed by atoms with van der Waals surface area (Å²) in [6, 6.07) is 0. The Bertz CT molecular complexity index is 3.25. The van der Waals surface area contributed by atoms with E-state index in [9.17, 15) is 0 Å². The van der Waals surface area contributed by atoms with Crippen molar-refractivity contribution in [2.75, 3.05) is 0 Å². The van der Waals surface area contributed by atoms with E-state index in [0.717, 1.165) is 0 Å². The zero-order valence-electron chi connectivity index (χ0n) is 1.58. The first-order valence-corrected chi connectivity index (χ1v) is 0. The predicted octanol–water partition coefficient (Wildman–Crippen LogP) is 1.73. The van der Waals surface area contributed by atoms with Gasteiger partial charge in [0, 0.05) is 37.7 Å². The number of hydrogen-bond donors (Lipinski definition) is 0. The zero-order chi connectivity index (χ0) is 0. The first-order chi connectivity index (χ1) is 0. The molecule has 0 N–H and O–H groups in total. The van der Waals surface area contributed by atoms with Crippen molar-refractivity contribution in [2.24, 2.45) is 0 Å². The quantitative estimate of drug-likeness (QED) is 0.635. The van der Waals surface area contributed by atoms with Gasteiger partial charge in [-0.05, 0) is 0 Å². The molecule has 4 heteroatoms. The van der Waals surface area contributed by atoms with Gasteiger partial charge >= 0.3 is 0 Å². The van der Waals surface area contributed by atoms with Crippen LogP contribution in [0.25, 0.3) is 0 Å². The number of rotatable bonds is 0. The molecule has 0 spiro atoms. The Morgan fingerprint density at radius 2 is 0.500 bits per heavy atom. The van der Waals surface area contributed by atoms with Crippen LogP contribution in [0, 0.1) is 37.7 Å². The molecule has 0 aromatic rings. The van der Waals surface area contributed by atoms with Crippen LogP contribution in [0.1, 0.15) is 0 Å². The Labute approximate surface area is 87.0 Å². The minimum absolute atomic E-state index is 0. The molecular formula is H3ArBr3. The number of halogens is 3. The van der Waals surface area contributed by atoms with Crippen molar-refractivity contribution >= 4 is 50.9 Å². The van der Waals surface area contributed by atoms with E-state index in [1.807, 2.05) is 0 Å². The SMILES string of the molecule is Br.Br.Br.[Ar]. The maximum Gasteiger partial charge on any atom is 0 e. The van der Waals surface area contributed by atoms with Gasteiger partial charge in [0.15, 0.2) is 0 Å². The molecule has 0 aromatic heterocycles. The molecule has 0 nitrogen and oxygen atoms in total. The van der Waals surface area contributed by atoms with E-state index in [4.69, 9.17) is 0 Å². The van der Waals surface area contributed by atoms with Crippen molar-refractivity contribution in [1.29, 1.82) is 0 Å². The first kappa shape index (κ1) is 29.9. The van der Waals surface area contributed by atoms with Gasteiger partial charge in [-0.1, -0.05) is 0 Å². The van der Waals surface area contributed by atoms with Crippen molar-refractivity contribution in [2.45, 2.75) is 0 Å². The summed E-state index contributed by atoms with van der Waals surface area (Å²) >= 11 is 0. The van der Waals surface area contributed by atoms with Gasteiger partial charge in [-0.15, -0.1) is 50.9 Å². The summed E-state index contributed by atoms with van der Waals surface area (Å²) in [6.07, 6.45) is 0. The van der Waals surface area contributed by atoms with Crippen LogP contribution in [0.2, 0.25) is 0 Å². The van der Waals surface area contributed by atoms with E-state index in [1.54, 1.807) is 0 Å². The monoisotopic (exact) mass is 280 g/mol. The number of hydrogen-bond acceptors (Lipinski definition) is 0. The van der Waals surface area contributed by atoms with Gasteiger partial charge in [0.25, 0.3) is 0 Å². The van der Waals surface area contributed by atoms with E-state index in [-0.39, 0.29) is 88.7 Å². The molecule has 0 amide bonds.